The van der Waals surface area contributed by atoms with Gasteiger partial charge in [0.25, 0.3) is 0 Å². The third-order valence-electron chi connectivity index (χ3n) is 3.60. The molecule has 0 radical (unpaired) electrons. The minimum absolute atomic E-state index is 0.583. The summed E-state index contributed by atoms with van der Waals surface area (Å²) in [6, 6.07) is 7.82. The molecule has 0 atom stereocenters. The maximum Gasteiger partial charge on any atom is 0.210 e. The van der Waals surface area contributed by atoms with Crippen LogP contribution in [0.3, 0.4) is 0 Å². The van der Waals surface area contributed by atoms with Gasteiger partial charge in [0.2, 0.25) is 6.41 Å². The lowest BCUT2D eigenvalue weighted by Crippen LogP contribution is -2.24. The molecule has 0 spiro atoms. The molecule has 0 N–H and O–H groups in total. The van der Waals surface area contributed by atoms with Crippen LogP contribution >= 0.6 is 0 Å². The van der Waals surface area contributed by atoms with E-state index >= 15 is 0 Å². The lowest BCUT2D eigenvalue weighted by molar-refractivity contribution is -0.118. The van der Waals surface area contributed by atoms with E-state index in [4.69, 9.17) is 9.26 Å². The molecule has 0 unspecified atom stereocenters. The number of nitrogens with zero attached hydrogens (tertiary/aromatic N) is 2. The van der Waals surface area contributed by atoms with Crippen molar-refractivity contribution in [2.75, 3.05) is 13.2 Å². The maximum atomic E-state index is 11.3. The standard InChI is InChI=1S/C17H22N2O3/c1-4-21-16-7-5-15(6-8-16)11-19(12-20)10-9-17-13(2)18-22-14(17)3/h5-8,12H,4,9-11H2,1-3H3. The minimum atomic E-state index is 0.583. The van der Waals surface area contributed by atoms with Crippen LogP contribution in [0.2, 0.25) is 0 Å². The van der Waals surface area contributed by atoms with Gasteiger partial charge in [-0.15, -0.1) is 0 Å². The van der Waals surface area contributed by atoms with Gasteiger partial charge < -0.3 is 14.2 Å². The minimum Gasteiger partial charge on any atom is -0.494 e. The molecule has 1 amide bonds. The lowest BCUT2D eigenvalue weighted by atomic mass is 10.1. The van der Waals surface area contributed by atoms with E-state index in [0.717, 1.165) is 41.2 Å². The monoisotopic (exact) mass is 302 g/mol. The number of hydrogen-bond donors (Lipinski definition) is 0. The van der Waals surface area contributed by atoms with Gasteiger partial charge >= 0.3 is 0 Å². The predicted molar refractivity (Wildman–Crippen MR) is 83.8 cm³/mol. The Morgan fingerprint density at radius 2 is 2.00 bits per heavy atom. The highest BCUT2D eigenvalue weighted by molar-refractivity contribution is 5.47. The van der Waals surface area contributed by atoms with E-state index in [2.05, 4.69) is 5.16 Å². The van der Waals surface area contributed by atoms with Gasteiger partial charge in [-0.05, 0) is 44.9 Å². The van der Waals surface area contributed by atoms with Gasteiger partial charge in [-0.2, -0.15) is 0 Å². The fraction of sp³-hybridized carbons (Fsp3) is 0.412. The molecule has 118 valence electrons. The van der Waals surface area contributed by atoms with E-state index in [1.807, 2.05) is 45.0 Å². The van der Waals surface area contributed by atoms with Crippen LogP contribution in [-0.2, 0) is 17.8 Å². The van der Waals surface area contributed by atoms with Crippen LogP contribution in [0, 0.1) is 13.8 Å². The van der Waals surface area contributed by atoms with Gasteiger partial charge in [-0.3, -0.25) is 4.79 Å². The Hall–Kier alpha value is -2.30. The highest BCUT2D eigenvalue weighted by Crippen LogP contribution is 2.15. The molecule has 1 aromatic carbocycles. The summed E-state index contributed by atoms with van der Waals surface area (Å²) < 4.78 is 10.6. The summed E-state index contributed by atoms with van der Waals surface area (Å²) in [6.07, 6.45) is 1.63. The van der Waals surface area contributed by atoms with E-state index in [-0.39, 0.29) is 0 Å². The second kappa shape index (κ2) is 7.64. The molecule has 0 aliphatic carbocycles. The summed E-state index contributed by atoms with van der Waals surface area (Å²) in [6.45, 7) is 7.64. The number of ether oxygens (including phenoxy) is 1. The number of amides is 1. The van der Waals surface area contributed by atoms with Crippen molar-refractivity contribution in [1.82, 2.24) is 10.1 Å². The molecule has 2 aromatic rings. The molecular formula is C17H22N2O3. The van der Waals surface area contributed by atoms with Crippen molar-refractivity contribution in [2.45, 2.75) is 33.7 Å². The largest absolute Gasteiger partial charge is 0.494 e. The zero-order valence-electron chi connectivity index (χ0n) is 13.3. The zero-order chi connectivity index (χ0) is 15.9. The summed E-state index contributed by atoms with van der Waals surface area (Å²) >= 11 is 0. The number of carbonyl (C=O) groups excluding carboxylic acids is 1. The van der Waals surface area contributed by atoms with Crippen LogP contribution in [0.15, 0.2) is 28.8 Å². The topological polar surface area (TPSA) is 55.6 Å². The first kappa shape index (κ1) is 16.1. The van der Waals surface area contributed by atoms with Crippen LogP contribution in [-0.4, -0.2) is 29.6 Å². The molecule has 2 rings (SSSR count). The van der Waals surface area contributed by atoms with Crippen LogP contribution < -0.4 is 4.74 Å². The highest BCUT2D eigenvalue weighted by atomic mass is 16.5. The number of aromatic nitrogens is 1. The summed E-state index contributed by atoms with van der Waals surface area (Å²) in [7, 11) is 0. The molecule has 5 heteroatoms. The molecule has 0 saturated carbocycles. The van der Waals surface area contributed by atoms with Crippen LogP contribution in [0.1, 0.15) is 29.5 Å². The van der Waals surface area contributed by atoms with Crippen molar-refractivity contribution in [3.63, 3.8) is 0 Å². The Bertz CT molecular complexity index is 585. The van der Waals surface area contributed by atoms with Gasteiger partial charge in [0.05, 0.1) is 12.3 Å². The van der Waals surface area contributed by atoms with Crippen molar-refractivity contribution < 1.29 is 14.1 Å². The SMILES string of the molecule is CCOc1ccc(CN(C=O)CCc2c(C)noc2C)cc1. The molecule has 0 saturated heterocycles. The maximum absolute atomic E-state index is 11.3. The van der Waals surface area contributed by atoms with Crippen molar-refractivity contribution in [3.8, 4) is 5.75 Å². The summed E-state index contributed by atoms with van der Waals surface area (Å²) in [5.41, 5.74) is 3.05. The van der Waals surface area contributed by atoms with E-state index in [1.54, 1.807) is 4.90 Å². The quantitative estimate of drug-likeness (QED) is 0.704. The summed E-state index contributed by atoms with van der Waals surface area (Å²) in [4.78, 5) is 13.0. The van der Waals surface area contributed by atoms with E-state index < -0.39 is 0 Å². The van der Waals surface area contributed by atoms with Gasteiger partial charge in [0.1, 0.15) is 11.5 Å². The zero-order valence-corrected chi connectivity index (χ0v) is 13.3. The Kier molecular flexibility index (Phi) is 5.58. The first-order chi connectivity index (χ1) is 10.6. The molecule has 1 heterocycles. The third-order valence-corrected chi connectivity index (χ3v) is 3.60. The fourth-order valence-corrected chi connectivity index (χ4v) is 2.38. The molecule has 0 bridgehead atoms. The van der Waals surface area contributed by atoms with Crippen LogP contribution in [0.4, 0.5) is 0 Å². The lowest BCUT2D eigenvalue weighted by Gasteiger charge is -2.17. The second-order valence-corrected chi connectivity index (χ2v) is 5.21. The number of aryl methyl sites for hydroxylation is 2. The molecule has 0 fully saturated rings. The van der Waals surface area contributed by atoms with Crippen molar-refractivity contribution in [2.24, 2.45) is 0 Å². The Morgan fingerprint density at radius 3 is 2.55 bits per heavy atom. The number of benzene rings is 1. The molecule has 22 heavy (non-hydrogen) atoms. The molecular weight excluding hydrogens is 280 g/mol. The molecule has 5 nitrogen and oxygen atoms in total. The number of hydrogen-bond acceptors (Lipinski definition) is 4. The van der Waals surface area contributed by atoms with Gasteiger partial charge in [-0.25, -0.2) is 0 Å². The van der Waals surface area contributed by atoms with E-state index in [9.17, 15) is 4.79 Å². The smallest absolute Gasteiger partial charge is 0.210 e. The first-order valence-electron chi connectivity index (χ1n) is 7.47. The Morgan fingerprint density at radius 1 is 1.27 bits per heavy atom. The first-order valence-corrected chi connectivity index (χ1v) is 7.47. The second-order valence-electron chi connectivity index (χ2n) is 5.21. The molecule has 0 aliphatic rings. The molecule has 1 aromatic heterocycles. The average molecular weight is 302 g/mol. The Labute approximate surface area is 130 Å². The van der Waals surface area contributed by atoms with E-state index in [1.165, 1.54) is 0 Å². The van der Waals surface area contributed by atoms with Gasteiger partial charge in [0, 0.05) is 18.7 Å². The van der Waals surface area contributed by atoms with Crippen LogP contribution in [0.5, 0.6) is 5.75 Å². The van der Waals surface area contributed by atoms with Crippen molar-refractivity contribution in [1.29, 1.82) is 0 Å². The van der Waals surface area contributed by atoms with Crippen LogP contribution in [0.25, 0.3) is 0 Å². The number of carbonyl (C=O) groups is 1. The van der Waals surface area contributed by atoms with Gasteiger partial charge in [0.15, 0.2) is 0 Å². The summed E-state index contributed by atoms with van der Waals surface area (Å²) in [5, 5.41) is 3.94. The fourth-order valence-electron chi connectivity index (χ4n) is 2.38. The normalized spacial score (nSPS) is 10.5. The van der Waals surface area contributed by atoms with Crippen molar-refractivity contribution >= 4 is 6.41 Å². The summed E-state index contributed by atoms with van der Waals surface area (Å²) in [5.74, 6) is 1.67. The number of rotatable bonds is 8. The third kappa shape index (κ3) is 4.10. The van der Waals surface area contributed by atoms with Gasteiger partial charge in [-0.1, -0.05) is 17.3 Å². The van der Waals surface area contributed by atoms with Crippen molar-refractivity contribution in [3.05, 3.63) is 46.8 Å². The average Bonchev–Trinajstić information content (AvgIpc) is 2.84. The predicted octanol–water partition coefficient (Wildman–Crippen LogP) is 2.89. The van der Waals surface area contributed by atoms with E-state index in [0.29, 0.717) is 19.7 Å². The Balaban J connectivity index is 1.93. The molecule has 0 aliphatic heterocycles. The highest BCUT2D eigenvalue weighted by Gasteiger charge is 2.11.